The number of nitriles is 1. The van der Waals surface area contributed by atoms with Crippen LogP contribution in [0, 0.1) is 27.2 Å². The fourth-order valence-electron chi connectivity index (χ4n) is 2.91. The molecule has 0 radical (unpaired) electrons. The zero-order valence-corrected chi connectivity index (χ0v) is 19.5. The number of rotatable bonds is 7. The van der Waals surface area contributed by atoms with Crippen LogP contribution in [0.25, 0.3) is 6.08 Å². The first kappa shape index (κ1) is 22.7. The molecule has 0 unspecified atom stereocenters. The van der Waals surface area contributed by atoms with Crippen LogP contribution in [0.2, 0.25) is 0 Å². The Bertz CT molecular complexity index is 1150. The van der Waals surface area contributed by atoms with E-state index < -0.39 is 5.91 Å². The van der Waals surface area contributed by atoms with Gasteiger partial charge < -0.3 is 9.47 Å². The number of nitrogens with zero attached hydrogens (tertiary/aromatic N) is 2. The van der Waals surface area contributed by atoms with Crippen LogP contribution in [-0.2, 0) is 11.3 Å². The largest absolute Gasteiger partial charge is 0.490 e. The van der Waals surface area contributed by atoms with E-state index in [1.807, 2.05) is 13.0 Å². The molecule has 31 heavy (non-hydrogen) atoms. The van der Waals surface area contributed by atoms with E-state index in [0.717, 1.165) is 20.2 Å². The maximum Gasteiger partial charge on any atom is 0.293 e. The van der Waals surface area contributed by atoms with Gasteiger partial charge in [-0.1, -0.05) is 24.1 Å². The van der Waals surface area contributed by atoms with Crippen molar-refractivity contribution >= 4 is 51.6 Å². The van der Waals surface area contributed by atoms with Crippen molar-refractivity contribution in [2.75, 3.05) is 13.2 Å². The lowest BCUT2D eigenvalue weighted by molar-refractivity contribution is -0.123. The maximum absolute atomic E-state index is 12.9. The molecule has 3 rings (SSSR count). The predicted octanol–water partition coefficient (Wildman–Crippen LogP) is 4.81. The summed E-state index contributed by atoms with van der Waals surface area (Å²) in [6.07, 6.45) is 6.93. The summed E-state index contributed by atoms with van der Waals surface area (Å²) in [5, 5.41) is 8.88. The number of carbonyl (C=O) groups excluding carboxylic acids is 2. The van der Waals surface area contributed by atoms with Crippen LogP contribution in [0.4, 0.5) is 4.79 Å². The van der Waals surface area contributed by atoms with Gasteiger partial charge in [-0.3, -0.25) is 14.5 Å². The van der Waals surface area contributed by atoms with Gasteiger partial charge in [0.1, 0.15) is 6.61 Å². The molecule has 2 aromatic carbocycles. The third-order valence-corrected chi connectivity index (χ3v) is 5.98. The second-order valence-electron chi connectivity index (χ2n) is 6.29. The first-order chi connectivity index (χ1) is 15.0. The van der Waals surface area contributed by atoms with Gasteiger partial charge in [0.15, 0.2) is 11.5 Å². The third kappa shape index (κ3) is 5.22. The summed E-state index contributed by atoms with van der Waals surface area (Å²) in [6.45, 7) is 2.44. The molecule has 0 atom stereocenters. The van der Waals surface area contributed by atoms with E-state index in [1.165, 1.54) is 0 Å². The fourth-order valence-corrected chi connectivity index (χ4v) is 4.53. The minimum Gasteiger partial charge on any atom is -0.490 e. The summed E-state index contributed by atoms with van der Waals surface area (Å²) in [7, 11) is 0. The number of ether oxygens (including phenoxy) is 2. The highest BCUT2D eigenvalue weighted by Gasteiger charge is 2.35. The minimum absolute atomic E-state index is 0.0480. The molecular weight excluding hydrogens is 527 g/mol. The molecule has 0 spiro atoms. The molecular formula is C23H17IN2O4S. The van der Waals surface area contributed by atoms with Gasteiger partial charge in [-0.15, -0.1) is 6.42 Å². The quantitative estimate of drug-likeness (QED) is 0.283. The first-order valence-corrected chi connectivity index (χ1v) is 11.1. The average molecular weight is 544 g/mol. The molecule has 1 heterocycles. The second kappa shape index (κ2) is 10.4. The Hall–Kier alpha value is -2.95. The summed E-state index contributed by atoms with van der Waals surface area (Å²) in [5.74, 6) is 3.08. The van der Waals surface area contributed by atoms with E-state index in [0.29, 0.717) is 39.7 Å². The zero-order valence-electron chi connectivity index (χ0n) is 16.6. The van der Waals surface area contributed by atoms with E-state index in [-0.39, 0.29) is 18.4 Å². The van der Waals surface area contributed by atoms with Crippen molar-refractivity contribution in [2.24, 2.45) is 0 Å². The molecule has 0 aromatic heterocycles. The Kier molecular flexibility index (Phi) is 7.61. The predicted molar refractivity (Wildman–Crippen MR) is 127 cm³/mol. The minimum atomic E-state index is -0.400. The summed E-state index contributed by atoms with van der Waals surface area (Å²) in [4.78, 5) is 26.8. The van der Waals surface area contributed by atoms with Crippen molar-refractivity contribution in [1.82, 2.24) is 4.90 Å². The van der Waals surface area contributed by atoms with Gasteiger partial charge in [0.25, 0.3) is 11.1 Å². The van der Waals surface area contributed by atoms with Gasteiger partial charge >= 0.3 is 0 Å². The topological polar surface area (TPSA) is 79.6 Å². The molecule has 0 bridgehead atoms. The molecule has 2 aromatic rings. The number of halogens is 1. The van der Waals surface area contributed by atoms with Gasteiger partial charge in [0.05, 0.1) is 33.3 Å². The maximum atomic E-state index is 12.9. The molecule has 1 aliphatic rings. The van der Waals surface area contributed by atoms with Crippen LogP contribution in [-0.4, -0.2) is 29.3 Å². The van der Waals surface area contributed by atoms with Gasteiger partial charge in [-0.2, -0.15) is 5.26 Å². The van der Waals surface area contributed by atoms with Crippen LogP contribution in [0.1, 0.15) is 23.6 Å². The lowest BCUT2D eigenvalue weighted by Crippen LogP contribution is -2.27. The molecule has 156 valence electrons. The van der Waals surface area contributed by atoms with Crippen LogP contribution >= 0.6 is 34.4 Å². The van der Waals surface area contributed by atoms with Gasteiger partial charge in [0.2, 0.25) is 0 Å². The Morgan fingerprint density at radius 2 is 2.03 bits per heavy atom. The molecule has 1 aliphatic heterocycles. The Balaban J connectivity index is 1.89. The summed E-state index contributed by atoms with van der Waals surface area (Å²) < 4.78 is 12.0. The summed E-state index contributed by atoms with van der Waals surface area (Å²) >= 11 is 2.98. The number of amides is 2. The number of benzene rings is 2. The van der Waals surface area contributed by atoms with Crippen LogP contribution in [0.15, 0.2) is 41.3 Å². The SMILES string of the molecule is C#CCOc1c(I)cc(/C=C2/SC(=O)N(Cc3ccccc3C#N)C2=O)cc1OCC. The molecule has 8 heteroatoms. The van der Waals surface area contributed by atoms with Gasteiger partial charge in [-0.25, -0.2) is 0 Å². The van der Waals surface area contributed by atoms with Gasteiger partial charge in [-0.05, 0) is 76.7 Å². The number of terminal acetylenes is 1. The highest BCUT2D eigenvalue weighted by molar-refractivity contribution is 14.1. The molecule has 1 saturated heterocycles. The third-order valence-electron chi connectivity index (χ3n) is 4.27. The number of thioether (sulfide) groups is 1. The van der Waals surface area contributed by atoms with Crippen LogP contribution in [0.5, 0.6) is 11.5 Å². The molecule has 0 saturated carbocycles. The average Bonchev–Trinajstić information content (AvgIpc) is 3.01. The standard InChI is InChI=1S/C23H17IN2O4S/c1-3-9-30-21-18(24)10-15(11-19(21)29-4-2)12-20-22(27)26(23(28)31-20)14-17-8-6-5-7-16(17)13-25/h1,5-8,10-12H,4,9,14H2,2H3/b20-12+. The number of hydrogen-bond donors (Lipinski definition) is 0. The summed E-state index contributed by atoms with van der Waals surface area (Å²) in [6, 6.07) is 12.6. The van der Waals surface area contributed by atoms with E-state index >= 15 is 0 Å². The van der Waals surface area contributed by atoms with E-state index in [9.17, 15) is 14.9 Å². The zero-order chi connectivity index (χ0) is 22.4. The van der Waals surface area contributed by atoms with Crippen molar-refractivity contribution in [3.63, 3.8) is 0 Å². The van der Waals surface area contributed by atoms with E-state index in [4.69, 9.17) is 15.9 Å². The molecule has 6 nitrogen and oxygen atoms in total. The molecule has 0 N–H and O–H groups in total. The normalized spacial score (nSPS) is 14.5. The van der Waals surface area contributed by atoms with E-state index in [2.05, 4.69) is 34.6 Å². The molecule has 2 amide bonds. The van der Waals surface area contributed by atoms with Crippen LogP contribution in [0.3, 0.4) is 0 Å². The van der Waals surface area contributed by atoms with Crippen molar-refractivity contribution in [1.29, 1.82) is 5.26 Å². The van der Waals surface area contributed by atoms with Gasteiger partial charge in [0, 0.05) is 0 Å². The smallest absolute Gasteiger partial charge is 0.293 e. The number of carbonyl (C=O) groups is 2. The van der Waals surface area contributed by atoms with E-state index in [1.54, 1.807) is 36.4 Å². The Morgan fingerprint density at radius 3 is 2.74 bits per heavy atom. The lowest BCUT2D eigenvalue weighted by Gasteiger charge is -2.14. The Labute approximate surface area is 198 Å². The number of hydrogen-bond acceptors (Lipinski definition) is 6. The summed E-state index contributed by atoms with van der Waals surface area (Å²) in [5.41, 5.74) is 1.75. The van der Waals surface area contributed by atoms with Crippen molar-refractivity contribution in [3.05, 3.63) is 61.6 Å². The fraction of sp³-hybridized carbons (Fsp3) is 0.174. The number of imide groups is 1. The van der Waals surface area contributed by atoms with Crippen molar-refractivity contribution in [3.8, 4) is 29.9 Å². The van der Waals surface area contributed by atoms with Crippen molar-refractivity contribution in [2.45, 2.75) is 13.5 Å². The second-order valence-corrected chi connectivity index (χ2v) is 8.45. The molecule has 0 aliphatic carbocycles. The Morgan fingerprint density at radius 1 is 1.26 bits per heavy atom. The monoisotopic (exact) mass is 544 g/mol. The highest BCUT2D eigenvalue weighted by atomic mass is 127. The highest BCUT2D eigenvalue weighted by Crippen LogP contribution is 2.38. The van der Waals surface area contributed by atoms with Crippen LogP contribution < -0.4 is 9.47 Å². The lowest BCUT2D eigenvalue weighted by atomic mass is 10.1. The van der Waals surface area contributed by atoms with Crippen molar-refractivity contribution < 1.29 is 19.1 Å². The first-order valence-electron chi connectivity index (χ1n) is 9.24. The molecule has 1 fully saturated rings.